The van der Waals surface area contributed by atoms with Crippen LogP contribution in [0.5, 0.6) is 0 Å². The van der Waals surface area contributed by atoms with Gasteiger partial charge >= 0.3 is 0 Å². The summed E-state index contributed by atoms with van der Waals surface area (Å²) in [6.45, 7) is 3.07. The molecule has 0 radical (unpaired) electrons. The van der Waals surface area contributed by atoms with Crippen LogP contribution in [0.1, 0.15) is 44.6 Å². The van der Waals surface area contributed by atoms with Crippen molar-refractivity contribution in [3.63, 3.8) is 0 Å². The van der Waals surface area contributed by atoms with Crippen molar-refractivity contribution in [1.82, 2.24) is 5.32 Å². The summed E-state index contributed by atoms with van der Waals surface area (Å²) in [5.74, 6) is 0.527. The third kappa shape index (κ3) is 5.80. The molecular weight excluding hydrogens is 326 g/mol. The Morgan fingerprint density at radius 3 is 2.54 bits per heavy atom. The fraction of sp³-hybridized carbons (Fsp3) is 0.556. The average molecular weight is 354 g/mol. The Labute approximate surface area is 150 Å². The lowest BCUT2D eigenvalue weighted by Gasteiger charge is -2.17. The van der Waals surface area contributed by atoms with Crippen LogP contribution < -0.4 is 16.4 Å². The van der Waals surface area contributed by atoms with Gasteiger partial charge in [0.25, 0.3) is 0 Å². The summed E-state index contributed by atoms with van der Waals surface area (Å²) in [6, 6.07) is 7.59. The first-order valence-electron chi connectivity index (χ1n) is 8.50. The van der Waals surface area contributed by atoms with Crippen LogP contribution >= 0.6 is 12.4 Å². The van der Waals surface area contributed by atoms with Crippen molar-refractivity contribution in [2.45, 2.75) is 45.6 Å². The summed E-state index contributed by atoms with van der Waals surface area (Å²) in [6.07, 6.45) is 4.45. The Bertz CT molecular complexity index is 534. The number of carbonyl (C=O) groups excluding carboxylic acids is 2. The highest BCUT2D eigenvalue weighted by atomic mass is 35.5. The van der Waals surface area contributed by atoms with Gasteiger partial charge in [-0.2, -0.15) is 0 Å². The van der Waals surface area contributed by atoms with E-state index in [1.165, 1.54) is 0 Å². The van der Waals surface area contributed by atoms with Gasteiger partial charge in [-0.3, -0.25) is 9.59 Å². The quantitative estimate of drug-likeness (QED) is 0.704. The van der Waals surface area contributed by atoms with Crippen LogP contribution in [0.2, 0.25) is 0 Å². The average Bonchev–Trinajstić information content (AvgIpc) is 3.03. The van der Waals surface area contributed by atoms with Crippen molar-refractivity contribution in [1.29, 1.82) is 0 Å². The van der Waals surface area contributed by atoms with Gasteiger partial charge in [-0.15, -0.1) is 12.4 Å². The van der Waals surface area contributed by atoms with Gasteiger partial charge in [-0.25, -0.2) is 0 Å². The number of hydrogen-bond acceptors (Lipinski definition) is 3. The van der Waals surface area contributed by atoms with Crippen LogP contribution in [0.4, 0.5) is 5.69 Å². The van der Waals surface area contributed by atoms with E-state index in [9.17, 15) is 9.59 Å². The third-order valence-electron chi connectivity index (χ3n) is 4.48. The third-order valence-corrected chi connectivity index (χ3v) is 4.48. The molecule has 2 amide bonds. The molecule has 0 saturated heterocycles. The molecule has 1 fully saturated rings. The summed E-state index contributed by atoms with van der Waals surface area (Å²) in [4.78, 5) is 23.8. The minimum Gasteiger partial charge on any atom is -0.352 e. The largest absolute Gasteiger partial charge is 0.352 e. The zero-order chi connectivity index (χ0) is 16.7. The fourth-order valence-electron chi connectivity index (χ4n) is 3.14. The van der Waals surface area contributed by atoms with E-state index >= 15 is 0 Å². The molecule has 4 N–H and O–H groups in total. The molecule has 0 bridgehead atoms. The Balaban J connectivity index is 0.00000288. The van der Waals surface area contributed by atoms with Gasteiger partial charge < -0.3 is 16.4 Å². The van der Waals surface area contributed by atoms with E-state index in [4.69, 9.17) is 5.73 Å². The van der Waals surface area contributed by atoms with E-state index < -0.39 is 0 Å². The molecule has 2 atom stereocenters. The minimum absolute atomic E-state index is 0. The highest BCUT2D eigenvalue weighted by molar-refractivity contribution is 5.90. The van der Waals surface area contributed by atoms with E-state index in [0.717, 1.165) is 36.9 Å². The Hall–Kier alpha value is -1.59. The summed E-state index contributed by atoms with van der Waals surface area (Å²) < 4.78 is 0. The summed E-state index contributed by atoms with van der Waals surface area (Å²) in [5, 5.41) is 5.86. The molecule has 0 spiro atoms. The number of amides is 2. The van der Waals surface area contributed by atoms with Crippen LogP contribution in [0.3, 0.4) is 0 Å². The first kappa shape index (κ1) is 20.5. The normalized spacial score (nSPS) is 19.4. The van der Waals surface area contributed by atoms with E-state index in [1.54, 1.807) is 0 Å². The second kappa shape index (κ2) is 10.3. The first-order chi connectivity index (χ1) is 11.1. The van der Waals surface area contributed by atoms with Crippen LogP contribution in [0.25, 0.3) is 0 Å². The van der Waals surface area contributed by atoms with Crippen LogP contribution in [-0.2, 0) is 16.1 Å². The number of nitrogens with two attached hydrogens (primary N) is 1. The van der Waals surface area contributed by atoms with Gasteiger partial charge in [0.05, 0.1) is 0 Å². The number of carbonyl (C=O) groups is 2. The molecule has 0 heterocycles. The molecule has 24 heavy (non-hydrogen) atoms. The highest BCUT2D eigenvalue weighted by Gasteiger charge is 2.31. The molecule has 0 unspecified atom stereocenters. The van der Waals surface area contributed by atoms with Gasteiger partial charge in [0.1, 0.15) is 0 Å². The van der Waals surface area contributed by atoms with Gasteiger partial charge in [0.2, 0.25) is 11.8 Å². The van der Waals surface area contributed by atoms with Crippen LogP contribution in [-0.4, -0.2) is 18.4 Å². The van der Waals surface area contributed by atoms with Gasteiger partial charge in [0, 0.05) is 24.6 Å². The smallest absolute Gasteiger partial charge is 0.224 e. The Morgan fingerprint density at radius 1 is 1.21 bits per heavy atom. The number of rotatable bonds is 7. The van der Waals surface area contributed by atoms with Crippen molar-refractivity contribution in [3.05, 3.63) is 29.8 Å². The fourth-order valence-corrected chi connectivity index (χ4v) is 3.14. The van der Waals surface area contributed by atoms with Crippen molar-refractivity contribution >= 4 is 29.9 Å². The minimum atomic E-state index is 0. The number of anilines is 1. The lowest BCUT2D eigenvalue weighted by Crippen LogP contribution is -2.34. The van der Waals surface area contributed by atoms with E-state index in [1.807, 2.05) is 31.2 Å². The lowest BCUT2D eigenvalue weighted by molar-refractivity contribution is -0.126. The van der Waals surface area contributed by atoms with Crippen LogP contribution in [0, 0.1) is 11.8 Å². The summed E-state index contributed by atoms with van der Waals surface area (Å²) in [5.41, 5.74) is 7.54. The number of benzene rings is 1. The molecular formula is C18H28ClN3O2. The Kier molecular flexibility index (Phi) is 8.79. The monoisotopic (exact) mass is 353 g/mol. The topological polar surface area (TPSA) is 84.2 Å². The van der Waals surface area contributed by atoms with E-state index in [0.29, 0.717) is 25.4 Å². The molecule has 134 valence electrons. The van der Waals surface area contributed by atoms with Crippen molar-refractivity contribution < 1.29 is 9.59 Å². The predicted molar refractivity (Wildman–Crippen MR) is 99.0 cm³/mol. The second-order valence-electron chi connectivity index (χ2n) is 6.25. The van der Waals surface area contributed by atoms with Crippen molar-refractivity contribution in [3.8, 4) is 0 Å². The molecule has 1 saturated carbocycles. The van der Waals surface area contributed by atoms with Gasteiger partial charge in [-0.1, -0.05) is 25.5 Å². The number of nitrogens with one attached hydrogen (secondary N) is 2. The number of halogens is 1. The van der Waals surface area contributed by atoms with Gasteiger partial charge in [-0.05, 0) is 49.4 Å². The predicted octanol–water partition coefficient (Wildman–Crippen LogP) is 2.84. The molecule has 1 aromatic rings. The summed E-state index contributed by atoms with van der Waals surface area (Å²) in [7, 11) is 0. The van der Waals surface area contributed by atoms with E-state index in [-0.39, 0.29) is 30.1 Å². The summed E-state index contributed by atoms with van der Waals surface area (Å²) >= 11 is 0. The standard InChI is InChI=1S/C18H27N3O2.ClH/c1-2-4-17(22)21-15-9-7-13(8-10-15)12-20-18(23)16-6-3-5-14(16)11-19;/h7-10,14,16H,2-6,11-12,19H2,1H3,(H,20,23)(H,21,22);1H/t14-,16-;/m1./s1. The van der Waals surface area contributed by atoms with E-state index in [2.05, 4.69) is 10.6 Å². The highest BCUT2D eigenvalue weighted by Crippen LogP contribution is 2.31. The van der Waals surface area contributed by atoms with Crippen molar-refractivity contribution in [2.75, 3.05) is 11.9 Å². The zero-order valence-electron chi connectivity index (χ0n) is 14.2. The zero-order valence-corrected chi connectivity index (χ0v) is 15.0. The SMILES string of the molecule is CCCC(=O)Nc1ccc(CNC(=O)[C@@H]2CCC[C@@H]2CN)cc1.Cl. The molecule has 0 aliphatic heterocycles. The second-order valence-corrected chi connectivity index (χ2v) is 6.25. The maximum atomic E-state index is 12.2. The molecule has 5 nitrogen and oxygen atoms in total. The van der Waals surface area contributed by atoms with Crippen LogP contribution in [0.15, 0.2) is 24.3 Å². The maximum Gasteiger partial charge on any atom is 0.224 e. The Morgan fingerprint density at radius 2 is 1.92 bits per heavy atom. The van der Waals surface area contributed by atoms with Crippen molar-refractivity contribution in [2.24, 2.45) is 17.6 Å². The molecule has 0 aromatic heterocycles. The molecule has 1 aliphatic carbocycles. The molecule has 1 aromatic carbocycles. The lowest BCUT2D eigenvalue weighted by atomic mass is 9.95. The molecule has 1 aliphatic rings. The molecule has 6 heteroatoms. The number of hydrogen-bond donors (Lipinski definition) is 3. The maximum absolute atomic E-state index is 12.2. The first-order valence-corrected chi connectivity index (χ1v) is 8.50. The molecule has 2 rings (SSSR count). The van der Waals surface area contributed by atoms with Gasteiger partial charge in [0.15, 0.2) is 0 Å².